The summed E-state index contributed by atoms with van der Waals surface area (Å²) in [5.41, 5.74) is 1.85. The molecule has 0 aliphatic carbocycles. The highest BCUT2D eigenvalue weighted by molar-refractivity contribution is 6.01. The lowest BCUT2D eigenvalue weighted by Crippen LogP contribution is -2.23. The number of nitrogens with one attached hydrogen (secondary N) is 1. The van der Waals surface area contributed by atoms with Crippen LogP contribution in [0, 0.1) is 5.92 Å². The van der Waals surface area contributed by atoms with Gasteiger partial charge >= 0.3 is 12.1 Å². The minimum atomic E-state index is -4.54. The van der Waals surface area contributed by atoms with Gasteiger partial charge in [-0.3, -0.25) is 14.6 Å². The van der Waals surface area contributed by atoms with Crippen LogP contribution >= 0.6 is 0 Å². The van der Waals surface area contributed by atoms with E-state index >= 15 is 0 Å². The molecular formula is C26H21F3N4O3. The average Bonchev–Trinajstić information content (AvgIpc) is 3.45. The molecule has 0 radical (unpaired) electrons. The topological polar surface area (TPSA) is 100 Å². The standard InChI is InChI=1S/C26H21F3N4O3/c1-14(24(34)15-6-8-16(9-7-15)33-11-10-21(32-33)26(27,28)29)18-12-30-13-19(25(35)36)23-22(18)17-4-2-3-5-20(17)31-23/h2-11,13-14,18-19,31H,12H2,1H3,(H,35,36). The highest BCUT2D eigenvalue weighted by Crippen LogP contribution is 2.40. The normalized spacial score (nSPS) is 18.6. The quantitative estimate of drug-likeness (QED) is 0.371. The Labute approximate surface area is 203 Å². The second-order valence-corrected chi connectivity index (χ2v) is 8.78. The number of carboxylic acids is 1. The molecule has 10 heteroatoms. The number of hydrogen-bond donors (Lipinski definition) is 2. The molecule has 4 aromatic rings. The van der Waals surface area contributed by atoms with Crippen molar-refractivity contribution in [2.75, 3.05) is 6.54 Å². The number of rotatable bonds is 5. The Morgan fingerprint density at radius 2 is 1.83 bits per heavy atom. The SMILES string of the molecule is CC(C(=O)c1ccc(-n2ccc(C(F)(F)F)n2)cc1)C1CN=CC(C(=O)O)c2[nH]c3ccccc3c21. The van der Waals surface area contributed by atoms with E-state index in [0.717, 1.165) is 27.2 Å². The third-order valence-electron chi connectivity index (χ3n) is 6.59. The molecule has 0 spiro atoms. The van der Waals surface area contributed by atoms with Crippen LogP contribution in [0.3, 0.4) is 0 Å². The van der Waals surface area contributed by atoms with Crippen LogP contribution in [0.5, 0.6) is 0 Å². The zero-order valence-corrected chi connectivity index (χ0v) is 19.0. The molecule has 7 nitrogen and oxygen atoms in total. The molecule has 2 aromatic heterocycles. The van der Waals surface area contributed by atoms with Crippen molar-refractivity contribution in [3.63, 3.8) is 0 Å². The lowest BCUT2D eigenvalue weighted by atomic mass is 9.80. The van der Waals surface area contributed by atoms with Gasteiger partial charge < -0.3 is 10.1 Å². The van der Waals surface area contributed by atoms with Gasteiger partial charge in [-0.1, -0.05) is 25.1 Å². The van der Waals surface area contributed by atoms with Crippen molar-refractivity contribution in [3.05, 3.63) is 83.3 Å². The molecule has 1 aliphatic rings. The molecule has 184 valence electrons. The summed E-state index contributed by atoms with van der Waals surface area (Å²) in [6, 6.07) is 14.5. The molecule has 0 fully saturated rings. The summed E-state index contributed by atoms with van der Waals surface area (Å²) in [5.74, 6) is -3.07. The molecular weight excluding hydrogens is 473 g/mol. The highest BCUT2D eigenvalue weighted by Gasteiger charge is 2.36. The lowest BCUT2D eigenvalue weighted by Gasteiger charge is -2.22. The molecule has 0 saturated carbocycles. The zero-order valence-electron chi connectivity index (χ0n) is 19.0. The Balaban J connectivity index is 1.46. The molecule has 5 rings (SSSR count). The van der Waals surface area contributed by atoms with E-state index in [1.807, 2.05) is 24.3 Å². The van der Waals surface area contributed by atoms with Crippen LogP contribution in [0.2, 0.25) is 0 Å². The van der Waals surface area contributed by atoms with Crippen molar-refractivity contribution in [1.82, 2.24) is 14.8 Å². The van der Waals surface area contributed by atoms with Crippen LogP contribution in [0.1, 0.15) is 46.1 Å². The summed E-state index contributed by atoms with van der Waals surface area (Å²) in [6.07, 6.45) is -1.93. The maximum atomic E-state index is 13.5. The Morgan fingerprint density at radius 1 is 1.11 bits per heavy atom. The fraction of sp³-hybridized carbons (Fsp3) is 0.231. The molecule has 0 amide bonds. The first-order valence-electron chi connectivity index (χ1n) is 11.3. The van der Waals surface area contributed by atoms with Crippen LogP contribution in [-0.4, -0.2) is 44.4 Å². The van der Waals surface area contributed by atoms with Crippen molar-refractivity contribution in [2.45, 2.75) is 24.9 Å². The predicted octanol–water partition coefficient (Wildman–Crippen LogP) is 5.23. The molecule has 0 saturated heterocycles. The van der Waals surface area contributed by atoms with Gasteiger partial charge in [0, 0.05) is 53.0 Å². The van der Waals surface area contributed by atoms with E-state index in [-0.39, 0.29) is 18.2 Å². The number of benzene rings is 2. The number of aliphatic carboxylic acids is 1. The van der Waals surface area contributed by atoms with Crippen LogP contribution in [0.15, 0.2) is 65.8 Å². The first-order valence-corrected chi connectivity index (χ1v) is 11.3. The third kappa shape index (κ3) is 4.08. The van der Waals surface area contributed by atoms with E-state index in [1.165, 1.54) is 24.5 Å². The van der Waals surface area contributed by atoms with Gasteiger partial charge in [0.25, 0.3) is 0 Å². The summed E-state index contributed by atoms with van der Waals surface area (Å²) < 4.78 is 39.7. The zero-order chi connectivity index (χ0) is 25.6. The number of nitrogens with zero attached hydrogens (tertiary/aromatic N) is 3. The third-order valence-corrected chi connectivity index (χ3v) is 6.59. The number of ketones is 1. The van der Waals surface area contributed by atoms with Crippen molar-refractivity contribution in [3.8, 4) is 5.69 Å². The number of aliphatic imine (C=N–C) groups is 1. The molecule has 3 unspecified atom stereocenters. The van der Waals surface area contributed by atoms with E-state index in [4.69, 9.17) is 0 Å². The van der Waals surface area contributed by atoms with Crippen molar-refractivity contribution < 1.29 is 27.9 Å². The number of aromatic amines is 1. The van der Waals surface area contributed by atoms with Gasteiger partial charge in [-0.25, -0.2) is 4.68 Å². The summed E-state index contributed by atoms with van der Waals surface area (Å²) in [7, 11) is 0. The summed E-state index contributed by atoms with van der Waals surface area (Å²) in [4.78, 5) is 33.0. The maximum Gasteiger partial charge on any atom is 0.435 e. The van der Waals surface area contributed by atoms with E-state index in [0.29, 0.717) is 16.9 Å². The number of Topliss-reactive ketones (excluding diaryl/α,β-unsaturated/α-hetero) is 1. The second-order valence-electron chi connectivity index (χ2n) is 8.78. The number of carbonyl (C=O) groups is 2. The Kier molecular flexibility index (Phi) is 5.74. The smallest absolute Gasteiger partial charge is 0.435 e. The van der Waals surface area contributed by atoms with Gasteiger partial charge in [0.2, 0.25) is 0 Å². The number of hydrogen-bond acceptors (Lipinski definition) is 4. The van der Waals surface area contributed by atoms with Crippen LogP contribution in [0.4, 0.5) is 13.2 Å². The van der Waals surface area contributed by atoms with Gasteiger partial charge in [0.15, 0.2) is 11.5 Å². The predicted molar refractivity (Wildman–Crippen MR) is 127 cm³/mol. The van der Waals surface area contributed by atoms with E-state index < -0.39 is 29.7 Å². The van der Waals surface area contributed by atoms with Crippen LogP contribution in [0.25, 0.3) is 16.6 Å². The summed E-state index contributed by atoms with van der Waals surface area (Å²) in [5, 5.41) is 14.2. The van der Waals surface area contributed by atoms with E-state index in [9.17, 15) is 27.9 Å². The number of halogens is 3. The molecule has 1 aliphatic heterocycles. The molecule has 36 heavy (non-hydrogen) atoms. The largest absolute Gasteiger partial charge is 0.480 e. The molecule has 0 bridgehead atoms. The van der Waals surface area contributed by atoms with Gasteiger partial charge in [0.1, 0.15) is 5.92 Å². The van der Waals surface area contributed by atoms with Crippen LogP contribution in [-0.2, 0) is 11.0 Å². The number of fused-ring (bicyclic) bond motifs is 3. The molecule has 3 heterocycles. The van der Waals surface area contributed by atoms with Gasteiger partial charge in [-0.2, -0.15) is 18.3 Å². The Bertz CT molecular complexity index is 1480. The van der Waals surface area contributed by atoms with Gasteiger partial charge in [0.05, 0.1) is 5.69 Å². The van der Waals surface area contributed by atoms with Gasteiger partial charge in [-0.05, 0) is 42.0 Å². The summed E-state index contributed by atoms with van der Waals surface area (Å²) >= 11 is 0. The number of aromatic nitrogens is 3. The lowest BCUT2D eigenvalue weighted by molar-refractivity contribution is -0.141. The number of carboxylic acid groups (broad SMARTS) is 1. The number of carbonyl (C=O) groups excluding carboxylic acids is 1. The van der Waals surface area contributed by atoms with Crippen LogP contribution < -0.4 is 0 Å². The fourth-order valence-electron chi connectivity index (χ4n) is 4.71. The molecule has 2 aromatic carbocycles. The average molecular weight is 494 g/mol. The minimum Gasteiger partial charge on any atom is -0.480 e. The first-order chi connectivity index (χ1) is 17.1. The van der Waals surface area contributed by atoms with E-state index in [2.05, 4.69) is 15.1 Å². The van der Waals surface area contributed by atoms with Crippen molar-refractivity contribution in [2.24, 2.45) is 10.9 Å². The highest BCUT2D eigenvalue weighted by atomic mass is 19.4. The molecule has 2 N–H and O–H groups in total. The number of alkyl halides is 3. The second kappa shape index (κ2) is 8.78. The van der Waals surface area contributed by atoms with Gasteiger partial charge in [-0.15, -0.1) is 0 Å². The Morgan fingerprint density at radius 3 is 2.50 bits per heavy atom. The van der Waals surface area contributed by atoms with Crippen molar-refractivity contribution in [1.29, 1.82) is 0 Å². The minimum absolute atomic E-state index is 0.178. The molecule has 3 atom stereocenters. The number of para-hydroxylation sites is 1. The van der Waals surface area contributed by atoms with E-state index in [1.54, 1.807) is 19.1 Å². The fourth-order valence-corrected chi connectivity index (χ4v) is 4.71. The Hall–Kier alpha value is -4.21. The number of H-pyrrole nitrogens is 1. The monoisotopic (exact) mass is 494 g/mol. The summed E-state index contributed by atoms with van der Waals surface area (Å²) in [6.45, 7) is 2.03. The van der Waals surface area contributed by atoms with Crippen molar-refractivity contribution >= 4 is 28.9 Å². The maximum absolute atomic E-state index is 13.5. The first kappa shape index (κ1) is 23.5.